The predicted octanol–water partition coefficient (Wildman–Crippen LogP) is 4.65. The number of carbonyl (C=O) groups excluding carboxylic acids is 1. The highest BCUT2D eigenvalue weighted by atomic mass is 19.1. The molecule has 1 fully saturated rings. The molecular formula is C21H17F3N2O3. The van der Waals surface area contributed by atoms with Crippen LogP contribution in [0.4, 0.5) is 13.2 Å². The van der Waals surface area contributed by atoms with Crippen molar-refractivity contribution in [1.82, 2.24) is 10.1 Å². The number of likely N-dealkylation sites (tertiary alicyclic amines) is 1. The molecule has 1 atom stereocenters. The molecule has 1 saturated heterocycles. The van der Waals surface area contributed by atoms with E-state index in [4.69, 9.17) is 9.26 Å². The fourth-order valence-electron chi connectivity index (χ4n) is 3.41. The van der Waals surface area contributed by atoms with E-state index in [1.807, 2.05) is 0 Å². The maximum Gasteiger partial charge on any atom is 0.276 e. The van der Waals surface area contributed by atoms with Crippen LogP contribution < -0.4 is 4.74 Å². The lowest BCUT2D eigenvalue weighted by Crippen LogP contribution is -2.30. The van der Waals surface area contributed by atoms with Crippen molar-refractivity contribution in [2.24, 2.45) is 0 Å². The Labute approximate surface area is 164 Å². The van der Waals surface area contributed by atoms with Gasteiger partial charge in [-0.05, 0) is 42.7 Å². The van der Waals surface area contributed by atoms with Gasteiger partial charge in [0.15, 0.2) is 23.0 Å². The number of amides is 1. The summed E-state index contributed by atoms with van der Waals surface area (Å²) in [7, 11) is 0. The lowest BCUT2D eigenvalue weighted by Gasteiger charge is -2.24. The molecule has 2 aromatic carbocycles. The van der Waals surface area contributed by atoms with Gasteiger partial charge in [-0.25, -0.2) is 13.2 Å². The highest BCUT2D eigenvalue weighted by molar-refractivity contribution is 5.92. The molecule has 1 amide bonds. The number of halogens is 3. The van der Waals surface area contributed by atoms with Crippen molar-refractivity contribution in [2.75, 3.05) is 6.54 Å². The molecule has 2 heterocycles. The molecule has 150 valence electrons. The van der Waals surface area contributed by atoms with Gasteiger partial charge >= 0.3 is 0 Å². The second-order valence-corrected chi connectivity index (χ2v) is 6.75. The lowest BCUT2D eigenvalue weighted by molar-refractivity contribution is 0.0725. The third kappa shape index (κ3) is 4.11. The van der Waals surface area contributed by atoms with E-state index in [0.29, 0.717) is 12.6 Å². The van der Waals surface area contributed by atoms with Gasteiger partial charge in [0.25, 0.3) is 5.91 Å². The van der Waals surface area contributed by atoms with Crippen LogP contribution in [0, 0.1) is 17.5 Å². The number of hydrogen-bond acceptors (Lipinski definition) is 4. The van der Waals surface area contributed by atoms with Crippen molar-refractivity contribution in [3.05, 3.63) is 83.0 Å². The normalized spacial score (nSPS) is 16.2. The molecule has 8 heteroatoms. The van der Waals surface area contributed by atoms with Crippen LogP contribution in [0.3, 0.4) is 0 Å². The molecule has 0 bridgehead atoms. The summed E-state index contributed by atoms with van der Waals surface area (Å²) < 4.78 is 50.1. The first-order valence-electron chi connectivity index (χ1n) is 9.11. The first kappa shape index (κ1) is 19.0. The van der Waals surface area contributed by atoms with Crippen LogP contribution in [0.2, 0.25) is 0 Å². The highest BCUT2D eigenvalue weighted by Gasteiger charge is 2.32. The van der Waals surface area contributed by atoms with Gasteiger partial charge < -0.3 is 14.2 Å². The van der Waals surface area contributed by atoms with Crippen LogP contribution >= 0.6 is 0 Å². The van der Waals surface area contributed by atoms with Crippen molar-refractivity contribution in [3.63, 3.8) is 0 Å². The summed E-state index contributed by atoms with van der Waals surface area (Å²) in [5, 5.41) is 3.79. The second-order valence-electron chi connectivity index (χ2n) is 6.75. The van der Waals surface area contributed by atoms with E-state index >= 15 is 0 Å². The minimum atomic E-state index is -0.833. The zero-order valence-corrected chi connectivity index (χ0v) is 15.3. The summed E-state index contributed by atoms with van der Waals surface area (Å²) in [6.45, 7) is 0.393. The minimum absolute atomic E-state index is 0.109. The molecule has 0 unspecified atom stereocenters. The van der Waals surface area contributed by atoms with Crippen molar-refractivity contribution in [2.45, 2.75) is 25.5 Å². The van der Waals surface area contributed by atoms with Gasteiger partial charge in [0.1, 0.15) is 18.2 Å². The standard InChI is InChI=1S/C21H17F3N2O3/c22-14-5-3-13(4-6-14)19-2-1-9-26(19)21(27)18-11-16(29-25-18)12-28-20-8-7-15(23)10-17(20)24/h3-8,10-11,19H,1-2,9,12H2/t19-/m0/s1. The van der Waals surface area contributed by atoms with E-state index in [1.54, 1.807) is 17.0 Å². The zero-order valence-electron chi connectivity index (χ0n) is 15.3. The molecule has 0 spiro atoms. The summed E-state index contributed by atoms with van der Waals surface area (Å²) in [6.07, 6.45) is 1.60. The Morgan fingerprint density at radius 2 is 1.86 bits per heavy atom. The van der Waals surface area contributed by atoms with Crippen molar-refractivity contribution in [1.29, 1.82) is 0 Å². The van der Waals surface area contributed by atoms with Gasteiger partial charge in [-0.1, -0.05) is 17.3 Å². The number of aromatic nitrogens is 1. The molecule has 3 aromatic rings. The number of carbonyl (C=O) groups is 1. The molecule has 4 rings (SSSR count). The van der Waals surface area contributed by atoms with Crippen molar-refractivity contribution >= 4 is 5.91 Å². The van der Waals surface area contributed by atoms with Crippen LogP contribution in [-0.4, -0.2) is 22.5 Å². The summed E-state index contributed by atoms with van der Waals surface area (Å²) in [4.78, 5) is 14.5. The summed E-state index contributed by atoms with van der Waals surface area (Å²) >= 11 is 0. The van der Waals surface area contributed by atoms with Crippen molar-refractivity contribution in [3.8, 4) is 5.75 Å². The average molecular weight is 402 g/mol. The summed E-state index contributed by atoms with van der Waals surface area (Å²) in [5.41, 5.74) is 0.966. The van der Waals surface area contributed by atoms with Crippen LogP contribution in [0.15, 0.2) is 53.1 Å². The van der Waals surface area contributed by atoms with Gasteiger partial charge in [-0.3, -0.25) is 4.79 Å². The van der Waals surface area contributed by atoms with Gasteiger partial charge in [0.2, 0.25) is 0 Å². The van der Waals surface area contributed by atoms with E-state index in [0.717, 1.165) is 24.5 Å². The Morgan fingerprint density at radius 3 is 2.62 bits per heavy atom. The monoisotopic (exact) mass is 402 g/mol. The Morgan fingerprint density at radius 1 is 1.10 bits per heavy atom. The third-order valence-electron chi connectivity index (χ3n) is 4.81. The fourth-order valence-corrected chi connectivity index (χ4v) is 3.41. The Balaban J connectivity index is 1.44. The second kappa shape index (κ2) is 7.98. The first-order valence-corrected chi connectivity index (χ1v) is 9.11. The molecule has 1 aliphatic heterocycles. The van der Waals surface area contributed by atoms with Crippen LogP contribution in [0.1, 0.15) is 40.7 Å². The minimum Gasteiger partial charge on any atom is -0.482 e. The third-order valence-corrected chi connectivity index (χ3v) is 4.81. The van der Waals surface area contributed by atoms with E-state index in [-0.39, 0.29) is 41.6 Å². The van der Waals surface area contributed by atoms with Crippen LogP contribution in [0.5, 0.6) is 5.75 Å². The Bertz CT molecular complexity index is 1020. The van der Waals surface area contributed by atoms with Gasteiger partial charge in [-0.2, -0.15) is 0 Å². The van der Waals surface area contributed by atoms with E-state index in [1.165, 1.54) is 24.3 Å². The molecule has 5 nitrogen and oxygen atoms in total. The number of rotatable bonds is 5. The molecular weight excluding hydrogens is 385 g/mol. The first-order chi connectivity index (χ1) is 14.0. The summed E-state index contributed by atoms with van der Waals surface area (Å²) in [5.74, 6) is -2.08. The molecule has 1 aliphatic rings. The smallest absolute Gasteiger partial charge is 0.276 e. The topological polar surface area (TPSA) is 55.6 Å². The largest absolute Gasteiger partial charge is 0.482 e. The molecule has 1 aromatic heterocycles. The van der Waals surface area contributed by atoms with Gasteiger partial charge in [-0.15, -0.1) is 0 Å². The van der Waals surface area contributed by atoms with E-state index in [2.05, 4.69) is 5.16 Å². The van der Waals surface area contributed by atoms with Crippen LogP contribution in [0.25, 0.3) is 0 Å². The van der Waals surface area contributed by atoms with Gasteiger partial charge in [0, 0.05) is 18.7 Å². The zero-order chi connectivity index (χ0) is 20.4. The molecule has 29 heavy (non-hydrogen) atoms. The highest BCUT2D eigenvalue weighted by Crippen LogP contribution is 2.33. The molecule has 0 N–H and O–H groups in total. The predicted molar refractivity (Wildman–Crippen MR) is 96.6 cm³/mol. The Kier molecular flexibility index (Phi) is 5.24. The average Bonchev–Trinajstić information content (AvgIpc) is 3.37. The van der Waals surface area contributed by atoms with E-state index in [9.17, 15) is 18.0 Å². The van der Waals surface area contributed by atoms with E-state index < -0.39 is 11.6 Å². The van der Waals surface area contributed by atoms with Crippen LogP contribution in [-0.2, 0) is 6.61 Å². The lowest BCUT2D eigenvalue weighted by atomic mass is 10.0. The summed E-state index contributed by atoms with van der Waals surface area (Å²) in [6, 6.07) is 10.3. The maximum atomic E-state index is 13.6. The fraction of sp³-hybridized carbons (Fsp3) is 0.238. The SMILES string of the molecule is O=C(c1cc(COc2ccc(F)cc2F)on1)N1CCC[C@H]1c1ccc(F)cc1. The number of benzene rings is 2. The van der Waals surface area contributed by atoms with Crippen molar-refractivity contribution < 1.29 is 27.2 Å². The molecule has 0 saturated carbocycles. The Hall–Kier alpha value is -3.29. The molecule has 0 radical (unpaired) electrons. The quantitative estimate of drug-likeness (QED) is 0.624. The molecule has 0 aliphatic carbocycles. The number of nitrogens with zero attached hydrogens (tertiary/aromatic N) is 2. The van der Waals surface area contributed by atoms with Gasteiger partial charge in [0.05, 0.1) is 6.04 Å². The number of ether oxygens (including phenoxy) is 1. The maximum absolute atomic E-state index is 13.6. The number of hydrogen-bond donors (Lipinski definition) is 0.